The van der Waals surface area contributed by atoms with Gasteiger partial charge in [-0.25, -0.2) is 13.2 Å². The molecule has 12 heteroatoms. The van der Waals surface area contributed by atoms with E-state index in [9.17, 15) is 18.4 Å². The van der Waals surface area contributed by atoms with Gasteiger partial charge in [0.1, 0.15) is 18.2 Å². The molecule has 3 aliphatic rings. The summed E-state index contributed by atoms with van der Waals surface area (Å²) in [5, 5.41) is 17.0. The van der Waals surface area contributed by atoms with Crippen molar-refractivity contribution >= 4 is 33.9 Å². The van der Waals surface area contributed by atoms with E-state index in [0.717, 1.165) is 28.1 Å². The van der Waals surface area contributed by atoms with Gasteiger partial charge in [0.25, 0.3) is 5.92 Å². The normalized spacial score (nSPS) is 22.3. The van der Waals surface area contributed by atoms with E-state index in [1.54, 1.807) is 6.07 Å². The van der Waals surface area contributed by atoms with E-state index in [0.29, 0.717) is 51.0 Å². The maximum absolute atomic E-state index is 14.4. The highest BCUT2D eigenvalue weighted by Crippen LogP contribution is 2.38. The van der Waals surface area contributed by atoms with Crippen LogP contribution in [0.4, 0.5) is 24.7 Å². The highest BCUT2D eigenvalue weighted by Gasteiger charge is 2.39. The molecule has 6 rings (SSSR count). The summed E-state index contributed by atoms with van der Waals surface area (Å²) in [6, 6.07) is 10.7. The van der Waals surface area contributed by atoms with Crippen LogP contribution in [-0.4, -0.2) is 67.3 Å². The Morgan fingerprint density at radius 1 is 1.12 bits per heavy atom. The van der Waals surface area contributed by atoms with Crippen molar-refractivity contribution in [2.75, 3.05) is 49.1 Å². The van der Waals surface area contributed by atoms with Crippen LogP contribution in [0.2, 0.25) is 5.02 Å². The summed E-state index contributed by atoms with van der Waals surface area (Å²) >= 11 is 6.42. The third kappa shape index (κ3) is 5.36. The summed E-state index contributed by atoms with van der Waals surface area (Å²) in [6.07, 6.45) is 0.711. The largest absolute Gasteiger partial charge is 0.462 e. The molecule has 2 N–H and O–H groups in total. The number of hydrogen-bond donors (Lipinski definition) is 2. The smallest absolute Gasteiger partial charge is 0.318 e. The van der Waals surface area contributed by atoms with E-state index in [2.05, 4.69) is 26.5 Å². The van der Waals surface area contributed by atoms with Crippen LogP contribution in [0.15, 0.2) is 30.3 Å². The Hall–Kier alpha value is -3.33. The summed E-state index contributed by atoms with van der Waals surface area (Å²) in [4.78, 5) is 13.7. The van der Waals surface area contributed by atoms with Crippen LogP contribution in [0, 0.1) is 17.1 Å². The lowest BCUT2D eigenvalue weighted by Gasteiger charge is -2.37. The van der Waals surface area contributed by atoms with Gasteiger partial charge in [-0.15, -0.1) is 0 Å². The van der Waals surface area contributed by atoms with Gasteiger partial charge in [-0.2, -0.15) is 15.2 Å². The minimum Gasteiger partial charge on any atom is -0.462 e. The van der Waals surface area contributed by atoms with E-state index in [1.165, 1.54) is 6.07 Å². The van der Waals surface area contributed by atoms with E-state index in [4.69, 9.17) is 26.3 Å². The maximum atomic E-state index is 14.4. The molecule has 0 bridgehead atoms. The highest BCUT2D eigenvalue weighted by molar-refractivity contribution is 6.36. The molecule has 0 saturated carbocycles. The predicted molar refractivity (Wildman–Crippen MR) is 147 cm³/mol. The molecule has 0 spiro atoms. The number of nitriles is 1. The Bertz CT molecular complexity index is 1470. The lowest BCUT2D eigenvalue weighted by molar-refractivity contribution is 0.0194. The van der Waals surface area contributed by atoms with Crippen LogP contribution >= 0.6 is 11.6 Å². The molecular formula is C28H29ClF3N7O. The van der Waals surface area contributed by atoms with Crippen LogP contribution in [0.3, 0.4) is 0 Å². The van der Waals surface area contributed by atoms with Gasteiger partial charge in [0, 0.05) is 61.3 Å². The fraction of sp³-hybridized carbons (Fsp3) is 0.464. The van der Waals surface area contributed by atoms with E-state index in [-0.39, 0.29) is 36.6 Å². The summed E-state index contributed by atoms with van der Waals surface area (Å²) in [6.45, 7) is 2.72. The van der Waals surface area contributed by atoms with Crippen molar-refractivity contribution in [1.82, 2.24) is 20.6 Å². The van der Waals surface area contributed by atoms with Gasteiger partial charge in [0.2, 0.25) is 0 Å². The number of nitrogens with zero attached hydrogens (tertiary/aromatic N) is 5. The molecule has 8 nitrogen and oxygen atoms in total. The average molecular weight is 572 g/mol. The Morgan fingerprint density at radius 3 is 2.80 bits per heavy atom. The first-order valence-corrected chi connectivity index (χ1v) is 13.8. The zero-order chi connectivity index (χ0) is 27.9. The van der Waals surface area contributed by atoms with Crippen molar-refractivity contribution in [1.29, 1.82) is 5.26 Å². The number of fused-ring (bicyclic) bond motifs is 2. The lowest BCUT2D eigenvalue weighted by atomic mass is 10.0. The predicted octanol–water partition coefficient (Wildman–Crippen LogP) is 4.05. The number of aromatic nitrogens is 2. The van der Waals surface area contributed by atoms with Crippen LogP contribution < -0.4 is 25.2 Å². The van der Waals surface area contributed by atoms with Crippen molar-refractivity contribution in [2.24, 2.45) is 0 Å². The third-order valence-electron chi connectivity index (χ3n) is 7.78. The monoisotopic (exact) mass is 571 g/mol. The van der Waals surface area contributed by atoms with E-state index >= 15 is 0 Å². The quantitative estimate of drug-likeness (QED) is 0.458. The number of hydrogen-bond acceptors (Lipinski definition) is 8. The van der Waals surface area contributed by atoms with Crippen molar-refractivity contribution in [3.63, 3.8) is 0 Å². The minimum absolute atomic E-state index is 0.00599. The van der Waals surface area contributed by atoms with Crippen molar-refractivity contribution < 1.29 is 17.9 Å². The van der Waals surface area contributed by atoms with E-state index in [1.807, 2.05) is 18.2 Å². The molecule has 1 aromatic heterocycles. The number of ether oxygens (including phenoxy) is 1. The first-order valence-electron chi connectivity index (χ1n) is 13.4. The molecule has 4 heterocycles. The van der Waals surface area contributed by atoms with Gasteiger partial charge < -0.3 is 25.2 Å². The number of benzene rings is 2. The molecule has 210 valence electrons. The molecule has 3 aromatic rings. The Morgan fingerprint density at radius 2 is 2.00 bits per heavy atom. The standard InChI is InChI=1S/C28H29ClF3N7O/c29-25-21(30)5-4-17-2-1-3-23(24(17)25)38-10-7-20-22(14-38)36-27(40-15-19-12-28(31,32)16-35-19)37-26(20)39-11-9-34-18(13-39)6-8-33/h1-5,18-19,34-35H,6-7,9-16H2/t18-,19-/m0/s1. The molecule has 40 heavy (non-hydrogen) atoms. The van der Waals surface area contributed by atoms with Crippen molar-refractivity contribution in [3.05, 3.63) is 52.4 Å². The molecular weight excluding hydrogens is 543 g/mol. The molecule has 0 amide bonds. The first kappa shape index (κ1) is 26.9. The second-order valence-corrected chi connectivity index (χ2v) is 10.9. The molecule has 0 radical (unpaired) electrons. The molecule has 2 aromatic carbocycles. The first-order chi connectivity index (χ1) is 19.3. The fourth-order valence-corrected chi connectivity index (χ4v) is 6.10. The highest BCUT2D eigenvalue weighted by atomic mass is 35.5. The van der Waals surface area contributed by atoms with Gasteiger partial charge in [-0.3, -0.25) is 0 Å². The molecule has 0 unspecified atom stereocenters. The second-order valence-electron chi connectivity index (χ2n) is 10.6. The van der Waals surface area contributed by atoms with E-state index < -0.39 is 17.8 Å². The van der Waals surface area contributed by atoms with Crippen LogP contribution in [0.5, 0.6) is 6.01 Å². The summed E-state index contributed by atoms with van der Waals surface area (Å²) in [7, 11) is 0. The average Bonchev–Trinajstić information content (AvgIpc) is 3.31. The Balaban J connectivity index is 1.33. The van der Waals surface area contributed by atoms with Crippen LogP contribution in [0.25, 0.3) is 10.8 Å². The number of halogens is 4. The van der Waals surface area contributed by atoms with Crippen molar-refractivity contribution in [3.8, 4) is 12.1 Å². The van der Waals surface area contributed by atoms with Crippen LogP contribution in [0.1, 0.15) is 24.1 Å². The van der Waals surface area contributed by atoms with Gasteiger partial charge in [-0.1, -0.05) is 29.8 Å². The van der Waals surface area contributed by atoms with Crippen LogP contribution in [-0.2, 0) is 13.0 Å². The minimum atomic E-state index is -2.76. The number of anilines is 2. The zero-order valence-electron chi connectivity index (χ0n) is 21.8. The third-order valence-corrected chi connectivity index (χ3v) is 8.15. The molecule has 2 fully saturated rings. The van der Waals surface area contributed by atoms with Gasteiger partial charge in [-0.05, 0) is 23.9 Å². The topological polar surface area (TPSA) is 89.3 Å². The maximum Gasteiger partial charge on any atom is 0.318 e. The molecule has 2 atom stereocenters. The summed E-state index contributed by atoms with van der Waals surface area (Å²) in [5.74, 6) is -2.49. The SMILES string of the molecule is N#CC[C@H]1CN(c2nc(OC[C@@H]3CC(F)(F)CN3)nc3c2CCN(c2cccc4ccc(F)c(Cl)c24)C3)CCN1. The second kappa shape index (κ2) is 10.9. The Labute approximate surface area is 235 Å². The fourth-order valence-electron chi connectivity index (χ4n) is 5.83. The number of alkyl halides is 2. The van der Waals surface area contributed by atoms with Gasteiger partial charge >= 0.3 is 6.01 Å². The molecule has 3 aliphatic heterocycles. The summed E-state index contributed by atoms with van der Waals surface area (Å²) in [5.41, 5.74) is 2.56. The number of nitrogens with one attached hydrogen (secondary N) is 2. The number of rotatable bonds is 6. The zero-order valence-corrected chi connectivity index (χ0v) is 22.5. The van der Waals surface area contributed by atoms with Gasteiger partial charge in [0.05, 0.1) is 36.3 Å². The van der Waals surface area contributed by atoms with Crippen molar-refractivity contribution in [2.45, 2.75) is 43.8 Å². The molecule has 0 aliphatic carbocycles. The molecule has 2 saturated heterocycles. The van der Waals surface area contributed by atoms with Gasteiger partial charge in [0.15, 0.2) is 0 Å². The lowest BCUT2D eigenvalue weighted by Crippen LogP contribution is -2.51. The number of piperazine rings is 1. The summed E-state index contributed by atoms with van der Waals surface area (Å²) < 4.78 is 47.7. The Kier molecular flexibility index (Phi) is 7.33.